The van der Waals surface area contributed by atoms with Gasteiger partial charge in [0.2, 0.25) is 0 Å². The number of para-hydroxylation sites is 2. The van der Waals surface area contributed by atoms with Crippen LogP contribution in [0.1, 0.15) is 23.1 Å². The van der Waals surface area contributed by atoms with Crippen molar-refractivity contribution < 1.29 is 9.15 Å². The molecule has 1 heterocycles. The number of methoxy groups -OCH3 is 1. The Kier molecular flexibility index (Phi) is 3.62. The Labute approximate surface area is 123 Å². The number of benzene rings is 2. The van der Waals surface area contributed by atoms with Crippen LogP contribution in [0.15, 0.2) is 46.9 Å². The molecule has 1 aromatic heterocycles. The van der Waals surface area contributed by atoms with Gasteiger partial charge in [0.25, 0.3) is 0 Å². The second-order valence-corrected chi connectivity index (χ2v) is 5.13. The van der Waals surface area contributed by atoms with Gasteiger partial charge >= 0.3 is 0 Å². The quantitative estimate of drug-likeness (QED) is 0.796. The van der Waals surface area contributed by atoms with E-state index < -0.39 is 0 Å². The molecular weight excluding hydrogens is 264 g/mol. The van der Waals surface area contributed by atoms with Crippen molar-refractivity contribution >= 4 is 11.1 Å². The molecule has 4 nitrogen and oxygen atoms in total. The maximum absolute atomic E-state index is 6.31. The molecule has 108 valence electrons. The normalized spacial score (nSPS) is 12.5. The van der Waals surface area contributed by atoms with Crippen molar-refractivity contribution in [1.82, 2.24) is 4.98 Å². The minimum atomic E-state index is -0.215. The monoisotopic (exact) mass is 282 g/mol. The predicted molar refractivity (Wildman–Crippen MR) is 82.4 cm³/mol. The van der Waals surface area contributed by atoms with E-state index in [-0.39, 0.29) is 6.04 Å². The lowest BCUT2D eigenvalue weighted by atomic mass is 10.0. The second-order valence-electron chi connectivity index (χ2n) is 5.13. The summed E-state index contributed by atoms with van der Waals surface area (Å²) in [5.74, 6) is 1.44. The fourth-order valence-corrected chi connectivity index (χ4v) is 2.45. The van der Waals surface area contributed by atoms with E-state index in [1.54, 1.807) is 7.11 Å². The Morgan fingerprint density at radius 1 is 1.24 bits per heavy atom. The molecule has 0 aliphatic heterocycles. The number of hydrogen-bond donors (Lipinski definition) is 1. The zero-order valence-electron chi connectivity index (χ0n) is 12.2. The van der Waals surface area contributed by atoms with Gasteiger partial charge in [-0.2, -0.15) is 0 Å². The molecule has 0 radical (unpaired) electrons. The first kappa shape index (κ1) is 13.6. The second kappa shape index (κ2) is 5.58. The number of oxazole rings is 1. The SMILES string of the molecule is COc1ccc(C)cc1C(N)Cc1nc2ccccc2o1. The largest absolute Gasteiger partial charge is 0.496 e. The van der Waals surface area contributed by atoms with Gasteiger partial charge in [0, 0.05) is 18.0 Å². The average Bonchev–Trinajstić information content (AvgIpc) is 2.89. The van der Waals surface area contributed by atoms with E-state index in [2.05, 4.69) is 4.98 Å². The fraction of sp³-hybridized carbons (Fsp3) is 0.235. The number of aryl methyl sites for hydroxylation is 1. The number of nitrogens with zero attached hydrogens (tertiary/aromatic N) is 1. The minimum absolute atomic E-state index is 0.215. The van der Waals surface area contributed by atoms with E-state index in [1.807, 2.05) is 49.4 Å². The first-order valence-corrected chi connectivity index (χ1v) is 6.92. The van der Waals surface area contributed by atoms with E-state index in [0.29, 0.717) is 12.3 Å². The summed E-state index contributed by atoms with van der Waals surface area (Å²) in [6, 6.07) is 13.5. The maximum atomic E-state index is 6.31. The van der Waals surface area contributed by atoms with Gasteiger partial charge in [-0.3, -0.25) is 0 Å². The van der Waals surface area contributed by atoms with Crippen LogP contribution in [0.2, 0.25) is 0 Å². The van der Waals surface area contributed by atoms with Crippen molar-refractivity contribution in [2.75, 3.05) is 7.11 Å². The van der Waals surface area contributed by atoms with E-state index >= 15 is 0 Å². The standard InChI is InChI=1S/C17H18N2O2/c1-11-7-8-15(20-2)12(9-11)13(18)10-17-19-14-5-3-4-6-16(14)21-17/h3-9,13H,10,18H2,1-2H3. The Morgan fingerprint density at radius 3 is 2.81 bits per heavy atom. The van der Waals surface area contributed by atoms with Crippen molar-refractivity contribution in [2.24, 2.45) is 5.73 Å². The van der Waals surface area contributed by atoms with Gasteiger partial charge in [-0.05, 0) is 25.1 Å². The van der Waals surface area contributed by atoms with Gasteiger partial charge < -0.3 is 14.9 Å². The molecule has 4 heteroatoms. The summed E-state index contributed by atoms with van der Waals surface area (Å²) < 4.78 is 11.1. The Bertz CT molecular complexity index is 731. The lowest BCUT2D eigenvalue weighted by molar-refractivity contribution is 0.402. The van der Waals surface area contributed by atoms with Crippen LogP contribution in [-0.4, -0.2) is 12.1 Å². The third kappa shape index (κ3) is 2.76. The summed E-state index contributed by atoms with van der Waals surface area (Å²) in [5, 5.41) is 0. The molecular formula is C17H18N2O2. The summed E-state index contributed by atoms with van der Waals surface area (Å²) in [6.07, 6.45) is 0.536. The number of aromatic nitrogens is 1. The van der Waals surface area contributed by atoms with Crippen LogP contribution in [0, 0.1) is 6.92 Å². The van der Waals surface area contributed by atoms with Crippen LogP contribution in [0.4, 0.5) is 0 Å². The Hall–Kier alpha value is -2.33. The third-order valence-corrected chi connectivity index (χ3v) is 3.52. The molecule has 0 aliphatic rings. The van der Waals surface area contributed by atoms with Gasteiger partial charge in [-0.25, -0.2) is 4.98 Å². The van der Waals surface area contributed by atoms with Crippen molar-refractivity contribution in [3.63, 3.8) is 0 Å². The molecule has 0 bridgehead atoms. The highest BCUT2D eigenvalue weighted by Crippen LogP contribution is 2.27. The number of nitrogens with two attached hydrogens (primary N) is 1. The van der Waals surface area contributed by atoms with Crippen molar-refractivity contribution in [2.45, 2.75) is 19.4 Å². The molecule has 1 unspecified atom stereocenters. The summed E-state index contributed by atoms with van der Waals surface area (Å²) in [4.78, 5) is 4.47. The van der Waals surface area contributed by atoms with Crippen LogP contribution in [0.25, 0.3) is 11.1 Å². The molecule has 0 saturated heterocycles. The summed E-state index contributed by atoms with van der Waals surface area (Å²) in [6.45, 7) is 2.04. The van der Waals surface area contributed by atoms with Crippen LogP contribution in [-0.2, 0) is 6.42 Å². The van der Waals surface area contributed by atoms with E-state index in [0.717, 1.165) is 28.0 Å². The lowest BCUT2D eigenvalue weighted by Gasteiger charge is -2.15. The summed E-state index contributed by atoms with van der Waals surface area (Å²) >= 11 is 0. The number of fused-ring (bicyclic) bond motifs is 1. The van der Waals surface area contributed by atoms with Crippen LogP contribution in [0.5, 0.6) is 5.75 Å². The molecule has 21 heavy (non-hydrogen) atoms. The molecule has 3 rings (SSSR count). The molecule has 0 fully saturated rings. The van der Waals surface area contributed by atoms with E-state index in [4.69, 9.17) is 14.9 Å². The maximum Gasteiger partial charge on any atom is 0.197 e. The van der Waals surface area contributed by atoms with Gasteiger partial charge in [0.15, 0.2) is 11.5 Å². The highest BCUT2D eigenvalue weighted by molar-refractivity contribution is 5.72. The first-order valence-electron chi connectivity index (χ1n) is 6.92. The number of ether oxygens (including phenoxy) is 1. The highest BCUT2D eigenvalue weighted by atomic mass is 16.5. The molecule has 3 aromatic rings. The zero-order chi connectivity index (χ0) is 14.8. The first-order chi connectivity index (χ1) is 10.2. The van der Waals surface area contributed by atoms with E-state index in [9.17, 15) is 0 Å². The molecule has 0 aliphatic carbocycles. The van der Waals surface area contributed by atoms with Gasteiger partial charge in [-0.15, -0.1) is 0 Å². The van der Waals surface area contributed by atoms with Crippen LogP contribution in [0.3, 0.4) is 0 Å². The highest BCUT2D eigenvalue weighted by Gasteiger charge is 2.16. The van der Waals surface area contributed by atoms with Crippen molar-refractivity contribution in [3.05, 3.63) is 59.5 Å². The van der Waals surface area contributed by atoms with Crippen LogP contribution >= 0.6 is 0 Å². The topological polar surface area (TPSA) is 61.3 Å². The fourth-order valence-electron chi connectivity index (χ4n) is 2.45. The smallest absolute Gasteiger partial charge is 0.197 e. The van der Waals surface area contributed by atoms with Crippen molar-refractivity contribution in [1.29, 1.82) is 0 Å². The predicted octanol–water partition coefficient (Wildman–Crippen LogP) is 3.39. The number of hydrogen-bond acceptors (Lipinski definition) is 4. The van der Waals surface area contributed by atoms with Crippen molar-refractivity contribution in [3.8, 4) is 5.75 Å². The lowest BCUT2D eigenvalue weighted by Crippen LogP contribution is -2.15. The molecule has 0 saturated carbocycles. The molecule has 1 atom stereocenters. The Morgan fingerprint density at radius 2 is 2.05 bits per heavy atom. The van der Waals surface area contributed by atoms with Gasteiger partial charge in [-0.1, -0.05) is 29.8 Å². The molecule has 2 aromatic carbocycles. The number of rotatable bonds is 4. The average molecular weight is 282 g/mol. The van der Waals surface area contributed by atoms with Crippen LogP contribution < -0.4 is 10.5 Å². The molecule has 0 spiro atoms. The zero-order valence-corrected chi connectivity index (χ0v) is 12.2. The van der Waals surface area contributed by atoms with E-state index in [1.165, 1.54) is 0 Å². The summed E-state index contributed by atoms with van der Waals surface area (Å²) in [7, 11) is 1.65. The minimum Gasteiger partial charge on any atom is -0.496 e. The third-order valence-electron chi connectivity index (χ3n) is 3.52. The van der Waals surface area contributed by atoms with Gasteiger partial charge in [0.1, 0.15) is 11.3 Å². The van der Waals surface area contributed by atoms with Gasteiger partial charge in [0.05, 0.1) is 7.11 Å². The summed E-state index contributed by atoms with van der Waals surface area (Å²) in [5.41, 5.74) is 10.1. The molecule has 0 amide bonds. The molecule has 2 N–H and O–H groups in total. The Balaban J connectivity index is 1.88.